The molecule has 0 bridgehead atoms. The molecular weight excluding hydrogens is 282 g/mol. The molecule has 0 saturated heterocycles. The van der Waals surface area contributed by atoms with Crippen LogP contribution in [0.2, 0.25) is 0 Å². The predicted octanol–water partition coefficient (Wildman–Crippen LogP) is 2.98. The minimum atomic E-state index is -0.846. The number of ether oxygens (including phenoxy) is 1. The molecular formula is C17H31NO4. The van der Waals surface area contributed by atoms with Gasteiger partial charge >= 0.3 is 5.97 Å². The van der Waals surface area contributed by atoms with E-state index in [9.17, 15) is 9.59 Å². The fourth-order valence-corrected chi connectivity index (χ4v) is 2.80. The summed E-state index contributed by atoms with van der Waals surface area (Å²) in [5, 5.41) is 11.9. The highest BCUT2D eigenvalue weighted by molar-refractivity contribution is 5.80. The van der Waals surface area contributed by atoms with Crippen LogP contribution in [-0.4, -0.2) is 35.7 Å². The molecule has 0 aromatic carbocycles. The summed E-state index contributed by atoms with van der Waals surface area (Å²) >= 11 is 0. The third-order valence-electron chi connectivity index (χ3n) is 4.54. The number of carboxylic acid groups (broad SMARTS) is 1. The van der Waals surface area contributed by atoms with E-state index >= 15 is 0 Å². The normalized spacial score (nSPS) is 23.8. The molecule has 22 heavy (non-hydrogen) atoms. The quantitative estimate of drug-likeness (QED) is 0.722. The van der Waals surface area contributed by atoms with Crippen molar-refractivity contribution in [3.8, 4) is 0 Å². The molecule has 128 valence electrons. The topological polar surface area (TPSA) is 75.6 Å². The van der Waals surface area contributed by atoms with Crippen LogP contribution in [0.1, 0.15) is 66.2 Å². The molecule has 0 spiro atoms. The van der Waals surface area contributed by atoms with Gasteiger partial charge in [-0.3, -0.25) is 9.59 Å². The van der Waals surface area contributed by atoms with Gasteiger partial charge in [-0.15, -0.1) is 0 Å². The van der Waals surface area contributed by atoms with Gasteiger partial charge in [-0.1, -0.05) is 26.7 Å². The number of rotatable bonds is 8. The van der Waals surface area contributed by atoms with Crippen molar-refractivity contribution in [1.82, 2.24) is 5.32 Å². The van der Waals surface area contributed by atoms with Crippen molar-refractivity contribution in [2.45, 2.75) is 78.4 Å². The summed E-state index contributed by atoms with van der Waals surface area (Å²) in [5.74, 6) is -0.307. The molecule has 0 aliphatic heterocycles. The van der Waals surface area contributed by atoms with Gasteiger partial charge in [0.05, 0.1) is 11.5 Å². The van der Waals surface area contributed by atoms with Crippen LogP contribution in [0.4, 0.5) is 0 Å². The number of hydrogen-bond donors (Lipinski definition) is 2. The Morgan fingerprint density at radius 3 is 2.59 bits per heavy atom. The zero-order chi connectivity index (χ0) is 16.8. The number of hydrogen-bond acceptors (Lipinski definition) is 3. The summed E-state index contributed by atoms with van der Waals surface area (Å²) in [5.41, 5.74) is -0.825. The van der Waals surface area contributed by atoms with Crippen molar-refractivity contribution in [3.63, 3.8) is 0 Å². The lowest BCUT2D eigenvalue weighted by Gasteiger charge is -2.30. The van der Waals surface area contributed by atoms with Crippen LogP contribution in [0.15, 0.2) is 0 Å². The molecule has 3 unspecified atom stereocenters. The van der Waals surface area contributed by atoms with Crippen LogP contribution in [0, 0.1) is 11.3 Å². The maximum absolute atomic E-state index is 12.2. The Morgan fingerprint density at radius 1 is 1.36 bits per heavy atom. The van der Waals surface area contributed by atoms with Crippen LogP contribution in [-0.2, 0) is 14.3 Å². The Bertz CT molecular complexity index is 381. The van der Waals surface area contributed by atoms with E-state index in [2.05, 4.69) is 12.2 Å². The molecule has 5 heteroatoms. The van der Waals surface area contributed by atoms with Gasteiger partial charge in [0.1, 0.15) is 6.10 Å². The highest BCUT2D eigenvalue weighted by atomic mass is 16.5. The second-order valence-corrected chi connectivity index (χ2v) is 7.16. The second kappa shape index (κ2) is 8.51. The van der Waals surface area contributed by atoms with Crippen molar-refractivity contribution in [2.24, 2.45) is 11.3 Å². The van der Waals surface area contributed by atoms with Crippen molar-refractivity contribution < 1.29 is 19.4 Å². The van der Waals surface area contributed by atoms with E-state index in [1.165, 1.54) is 6.42 Å². The minimum absolute atomic E-state index is 0.123. The first-order valence-electron chi connectivity index (χ1n) is 8.42. The van der Waals surface area contributed by atoms with E-state index in [1.807, 2.05) is 6.92 Å². The molecule has 2 N–H and O–H groups in total. The lowest BCUT2D eigenvalue weighted by molar-refractivity contribution is -0.147. The Balaban J connectivity index is 2.39. The average molecular weight is 313 g/mol. The van der Waals surface area contributed by atoms with Gasteiger partial charge in [-0.2, -0.15) is 0 Å². The van der Waals surface area contributed by atoms with Crippen molar-refractivity contribution in [3.05, 3.63) is 0 Å². The first kappa shape index (κ1) is 18.9. The van der Waals surface area contributed by atoms with Crippen LogP contribution < -0.4 is 5.32 Å². The van der Waals surface area contributed by atoms with E-state index < -0.39 is 17.5 Å². The predicted molar refractivity (Wildman–Crippen MR) is 85.6 cm³/mol. The molecule has 1 rings (SSSR count). The van der Waals surface area contributed by atoms with E-state index in [-0.39, 0.29) is 12.0 Å². The Labute approximate surface area is 133 Å². The summed E-state index contributed by atoms with van der Waals surface area (Å²) < 4.78 is 5.97. The highest BCUT2D eigenvalue weighted by Crippen LogP contribution is 2.27. The molecule has 1 aliphatic rings. The van der Waals surface area contributed by atoms with Crippen LogP contribution >= 0.6 is 0 Å². The van der Waals surface area contributed by atoms with Gasteiger partial charge in [0.2, 0.25) is 5.91 Å². The first-order chi connectivity index (χ1) is 10.3. The van der Waals surface area contributed by atoms with E-state index in [1.54, 1.807) is 13.8 Å². The van der Waals surface area contributed by atoms with Gasteiger partial charge in [0.15, 0.2) is 0 Å². The van der Waals surface area contributed by atoms with Crippen molar-refractivity contribution >= 4 is 11.9 Å². The molecule has 1 amide bonds. The van der Waals surface area contributed by atoms with Gasteiger partial charge in [-0.25, -0.2) is 0 Å². The van der Waals surface area contributed by atoms with Gasteiger partial charge in [0, 0.05) is 6.54 Å². The van der Waals surface area contributed by atoms with Gasteiger partial charge in [-0.05, 0) is 45.4 Å². The fourth-order valence-electron chi connectivity index (χ4n) is 2.80. The lowest BCUT2D eigenvalue weighted by atomic mass is 9.88. The fraction of sp³-hybridized carbons (Fsp3) is 0.882. The second-order valence-electron chi connectivity index (χ2n) is 7.16. The highest BCUT2D eigenvalue weighted by Gasteiger charge is 2.28. The van der Waals surface area contributed by atoms with Crippen LogP contribution in [0.5, 0.6) is 0 Å². The van der Waals surface area contributed by atoms with E-state index in [4.69, 9.17) is 9.84 Å². The third kappa shape index (κ3) is 5.95. The molecule has 5 nitrogen and oxygen atoms in total. The third-order valence-corrected chi connectivity index (χ3v) is 4.54. The number of carboxylic acids is 1. The molecule has 3 atom stereocenters. The number of aliphatic carboxylic acids is 1. The molecule has 1 saturated carbocycles. The molecule has 0 heterocycles. The zero-order valence-corrected chi connectivity index (χ0v) is 14.4. The summed E-state index contributed by atoms with van der Waals surface area (Å²) in [7, 11) is 0. The maximum Gasteiger partial charge on any atom is 0.309 e. The molecule has 0 aromatic rings. The SMILES string of the molecule is CCC(OC1CCCC(C)C1)C(=O)NCCC(C)(C)C(=O)O. The molecule has 1 fully saturated rings. The molecule has 0 radical (unpaired) electrons. The molecule has 1 aliphatic carbocycles. The number of carbonyl (C=O) groups is 2. The Hall–Kier alpha value is -1.10. The largest absolute Gasteiger partial charge is 0.481 e. The smallest absolute Gasteiger partial charge is 0.309 e. The monoisotopic (exact) mass is 313 g/mol. The average Bonchev–Trinajstić information content (AvgIpc) is 2.44. The van der Waals surface area contributed by atoms with Crippen molar-refractivity contribution in [1.29, 1.82) is 0 Å². The number of nitrogens with one attached hydrogen (secondary N) is 1. The Kier molecular flexibility index (Phi) is 7.33. The molecule has 0 aromatic heterocycles. The van der Waals surface area contributed by atoms with Crippen LogP contribution in [0.25, 0.3) is 0 Å². The van der Waals surface area contributed by atoms with Crippen LogP contribution in [0.3, 0.4) is 0 Å². The number of amides is 1. The van der Waals surface area contributed by atoms with Crippen molar-refractivity contribution in [2.75, 3.05) is 6.54 Å². The van der Waals surface area contributed by atoms with E-state index in [0.29, 0.717) is 25.3 Å². The summed E-state index contributed by atoms with van der Waals surface area (Å²) in [4.78, 5) is 23.2. The Morgan fingerprint density at radius 2 is 2.05 bits per heavy atom. The summed E-state index contributed by atoms with van der Waals surface area (Å²) in [6.07, 6.45) is 5.25. The minimum Gasteiger partial charge on any atom is -0.481 e. The zero-order valence-electron chi connectivity index (χ0n) is 14.4. The summed E-state index contributed by atoms with van der Waals surface area (Å²) in [6.45, 7) is 7.86. The lowest BCUT2D eigenvalue weighted by Crippen LogP contribution is -2.41. The summed E-state index contributed by atoms with van der Waals surface area (Å²) in [6, 6.07) is 0. The standard InChI is InChI=1S/C17H31NO4/c1-5-14(22-13-8-6-7-12(2)11-13)15(19)18-10-9-17(3,4)16(20)21/h12-14H,5-11H2,1-4H3,(H,18,19)(H,20,21). The maximum atomic E-state index is 12.2. The van der Waals surface area contributed by atoms with E-state index in [0.717, 1.165) is 19.3 Å². The first-order valence-corrected chi connectivity index (χ1v) is 8.42. The van der Waals surface area contributed by atoms with Gasteiger partial charge < -0.3 is 15.2 Å². The van der Waals surface area contributed by atoms with Gasteiger partial charge in [0.25, 0.3) is 0 Å². The number of carbonyl (C=O) groups excluding carboxylic acids is 1.